The number of nitrogens with zero attached hydrogens (tertiary/aromatic N) is 1. The van der Waals surface area contributed by atoms with Crippen molar-refractivity contribution in [2.45, 2.75) is 25.4 Å². The van der Waals surface area contributed by atoms with Crippen LogP contribution in [-0.2, 0) is 4.79 Å². The molecule has 4 nitrogen and oxygen atoms in total. The quantitative estimate of drug-likeness (QED) is 0.793. The minimum absolute atomic E-state index is 0.0553. The van der Waals surface area contributed by atoms with Gasteiger partial charge >= 0.3 is 6.18 Å². The highest BCUT2D eigenvalue weighted by molar-refractivity contribution is 5.86. The van der Waals surface area contributed by atoms with Crippen molar-refractivity contribution in [1.82, 2.24) is 4.90 Å². The number of aliphatic hydroxyl groups excluding tert-OH is 1. The molecule has 0 heterocycles. The number of benzene rings is 1. The summed E-state index contributed by atoms with van der Waals surface area (Å²) in [4.78, 5) is 13.3. The van der Waals surface area contributed by atoms with Gasteiger partial charge in [0.25, 0.3) is 0 Å². The molecule has 3 N–H and O–H groups in total. The van der Waals surface area contributed by atoms with Crippen LogP contribution in [0.5, 0.6) is 0 Å². The number of amides is 1. The van der Waals surface area contributed by atoms with Crippen LogP contribution in [0.15, 0.2) is 36.5 Å². The molecule has 1 amide bonds. The molecule has 0 aromatic heterocycles. The summed E-state index contributed by atoms with van der Waals surface area (Å²) in [5.41, 5.74) is 5.52. The Hall–Kier alpha value is -2.02. The molecule has 7 heteroatoms. The number of carbonyl (C=O) groups excluding carboxylic acids is 1. The van der Waals surface area contributed by atoms with Crippen LogP contribution in [0.4, 0.5) is 18.9 Å². The number of rotatable bonds is 6. The van der Waals surface area contributed by atoms with E-state index in [-0.39, 0.29) is 17.8 Å². The molecule has 1 atom stereocenters. The summed E-state index contributed by atoms with van der Waals surface area (Å²) in [5.74, 6) is -3.47. The molecule has 0 aliphatic heterocycles. The van der Waals surface area contributed by atoms with Gasteiger partial charge in [0.1, 0.15) is 0 Å². The van der Waals surface area contributed by atoms with Gasteiger partial charge in [-0.1, -0.05) is 25.6 Å². The largest absolute Gasteiger partial charge is 0.404 e. The molecule has 0 bridgehead atoms. The molecule has 0 spiro atoms. The number of hydrogen-bond donors (Lipinski definition) is 2. The van der Waals surface area contributed by atoms with Gasteiger partial charge in [0.2, 0.25) is 5.91 Å². The van der Waals surface area contributed by atoms with Crippen molar-refractivity contribution in [2.24, 2.45) is 0 Å². The molecule has 1 unspecified atom stereocenters. The van der Waals surface area contributed by atoms with Crippen molar-refractivity contribution >= 4 is 11.6 Å². The Balaban J connectivity index is 3.23. The molecule has 22 heavy (non-hydrogen) atoms. The number of carbonyl (C=O) groups is 1. The van der Waals surface area contributed by atoms with Crippen molar-refractivity contribution in [2.75, 3.05) is 18.9 Å². The van der Waals surface area contributed by atoms with Gasteiger partial charge in [0, 0.05) is 17.9 Å². The van der Waals surface area contributed by atoms with E-state index in [0.717, 1.165) is 4.90 Å². The molecule has 1 aromatic rings. The first-order chi connectivity index (χ1) is 10.2. The summed E-state index contributed by atoms with van der Waals surface area (Å²) in [6.45, 7) is 4.64. The first-order valence-electron chi connectivity index (χ1n) is 6.74. The molecule has 0 radical (unpaired) electrons. The van der Waals surface area contributed by atoms with E-state index in [1.165, 1.54) is 24.3 Å². The summed E-state index contributed by atoms with van der Waals surface area (Å²) < 4.78 is 40.1. The smallest absolute Gasteiger partial charge is 0.399 e. The van der Waals surface area contributed by atoms with Gasteiger partial charge in [0.05, 0.1) is 6.61 Å². The molecular weight excluding hydrogens is 297 g/mol. The van der Waals surface area contributed by atoms with E-state index in [1.54, 1.807) is 6.92 Å². The van der Waals surface area contributed by atoms with E-state index in [2.05, 4.69) is 6.58 Å². The van der Waals surface area contributed by atoms with E-state index in [4.69, 9.17) is 10.8 Å². The summed E-state index contributed by atoms with van der Waals surface area (Å²) in [7, 11) is 0. The Morgan fingerprint density at radius 1 is 1.36 bits per heavy atom. The molecular formula is C15H19F3N2O2. The number of aliphatic hydroxyl groups is 1. The average Bonchev–Trinajstić information content (AvgIpc) is 2.44. The Bertz CT molecular complexity index is 527. The van der Waals surface area contributed by atoms with Crippen LogP contribution in [0.2, 0.25) is 0 Å². The van der Waals surface area contributed by atoms with Crippen LogP contribution in [0, 0.1) is 0 Å². The van der Waals surface area contributed by atoms with Gasteiger partial charge in [-0.05, 0) is 24.1 Å². The van der Waals surface area contributed by atoms with Crippen molar-refractivity contribution in [3.8, 4) is 0 Å². The van der Waals surface area contributed by atoms with Gasteiger partial charge < -0.3 is 15.7 Å². The number of hydrogen-bond acceptors (Lipinski definition) is 3. The van der Waals surface area contributed by atoms with E-state index < -0.39 is 24.6 Å². The molecule has 0 fully saturated rings. The molecule has 1 aromatic carbocycles. The normalized spacial score (nSPS) is 12.8. The zero-order valence-electron chi connectivity index (χ0n) is 12.2. The zero-order valence-corrected chi connectivity index (χ0v) is 12.2. The Morgan fingerprint density at radius 3 is 2.32 bits per heavy atom. The van der Waals surface area contributed by atoms with Crippen LogP contribution < -0.4 is 5.73 Å². The maximum Gasteiger partial charge on any atom is 0.404 e. The molecule has 0 saturated carbocycles. The lowest BCUT2D eigenvalue weighted by Gasteiger charge is -2.29. The fourth-order valence-electron chi connectivity index (χ4n) is 2.05. The SMILES string of the molecule is C=C(CO)N(CCC)C(=O)C(c1ccc(N)cc1)C(F)(F)F. The summed E-state index contributed by atoms with van der Waals surface area (Å²) in [5, 5.41) is 9.08. The lowest BCUT2D eigenvalue weighted by molar-refractivity contribution is -0.171. The average molecular weight is 316 g/mol. The van der Waals surface area contributed by atoms with Gasteiger partial charge in [-0.2, -0.15) is 13.2 Å². The third kappa shape index (κ3) is 4.24. The summed E-state index contributed by atoms with van der Waals surface area (Å²) in [6.07, 6.45) is -4.31. The molecule has 0 aliphatic carbocycles. The second-order valence-corrected chi connectivity index (χ2v) is 4.86. The van der Waals surface area contributed by atoms with Gasteiger partial charge in [-0.15, -0.1) is 0 Å². The summed E-state index contributed by atoms with van der Waals surface area (Å²) >= 11 is 0. The van der Waals surface area contributed by atoms with Crippen molar-refractivity contribution in [1.29, 1.82) is 0 Å². The maximum absolute atomic E-state index is 13.4. The number of nitrogens with two attached hydrogens (primary N) is 1. The van der Waals surface area contributed by atoms with Crippen LogP contribution in [0.3, 0.4) is 0 Å². The monoisotopic (exact) mass is 316 g/mol. The Kier molecular flexibility index (Phi) is 5.99. The van der Waals surface area contributed by atoms with E-state index >= 15 is 0 Å². The highest BCUT2D eigenvalue weighted by Crippen LogP contribution is 2.37. The second kappa shape index (κ2) is 7.31. The number of anilines is 1. The van der Waals surface area contributed by atoms with Crippen molar-refractivity contribution in [3.63, 3.8) is 0 Å². The van der Waals surface area contributed by atoms with Crippen LogP contribution in [-0.4, -0.2) is 35.2 Å². The zero-order chi connectivity index (χ0) is 16.9. The van der Waals surface area contributed by atoms with Gasteiger partial charge in [-0.3, -0.25) is 4.79 Å². The van der Waals surface area contributed by atoms with Crippen LogP contribution in [0.1, 0.15) is 24.8 Å². The lowest BCUT2D eigenvalue weighted by Crippen LogP contribution is -2.41. The summed E-state index contributed by atoms with van der Waals surface area (Å²) in [6, 6.07) is 4.98. The van der Waals surface area contributed by atoms with Crippen LogP contribution >= 0.6 is 0 Å². The molecule has 0 aliphatic rings. The van der Waals surface area contributed by atoms with Crippen LogP contribution in [0.25, 0.3) is 0 Å². The van der Waals surface area contributed by atoms with Gasteiger partial charge in [-0.25, -0.2) is 0 Å². The first kappa shape index (κ1) is 18.0. The van der Waals surface area contributed by atoms with Crippen molar-refractivity contribution in [3.05, 3.63) is 42.1 Å². The van der Waals surface area contributed by atoms with E-state index in [0.29, 0.717) is 12.1 Å². The van der Waals surface area contributed by atoms with E-state index in [1.807, 2.05) is 0 Å². The lowest BCUT2D eigenvalue weighted by atomic mass is 9.96. The molecule has 1 rings (SSSR count). The highest BCUT2D eigenvalue weighted by Gasteiger charge is 2.47. The number of nitrogen functional groups attached to an aromatic ring is 1. The molecule has 122 valence electrons. The highest BCUT2D eigenvalue weighted by atomic mass is 19.4. The maximum atomic E-state index is 13.4. The standard InChI is InChI=1S/C15H19F3N2O2/c1-3-8-20(10(2)9-21)14(22)13(15(16,17)18)11-4-6-12(19)7-5-11/h4-7,13,21H,2-3,8-9,19H2,1H3. The Labute approximate surface area is 127 Å². The minimum atomic E-state index is -4.76. The predicted octanol–water partition coefficient (Wildman–Crippen LogP) is 2.66. The van der Waals surface area contributed by atoms with E-state index in [9.17, 15) is 18.0 Å². The first-order valence-corrected chi connectivity index (χ1v) is 6.74. The number of alkyl halides is 3. The topological polar surface area (TPSA) is 66.6 Å². The fourth-order valence-corrected chi connectivity index (χ4v) is 2.05. The minimum Gasteiger partial charge on any atom is -0.399 e. The fraction of sp³-hybridized carbons (Fsp3) is 0.400. The molecule has 0 saturated heterocycles. The number of halogens is 3. The third-order valence-electron chi connectivity index (χ3n) is 3.12. The Morgan fingerprint density at radius 2 is 1.91 bits per heavy atom. The predicted molar refractivity (Wildman–Crippen MR) is 77.9 cm³/mol. The third-order valence-corrected chi connectivity index (χ3v) is 3.12. The van der Waals surface area contributed by atoms with Gasteiger partial charge in [0.15, 0.2) is 5.92 Å². The van der Waals surface area contributed by atoms with Crippen molar-refractivity contribution < 1.29 is 23.1 Å². The second-order valence-electron chi connectivity index (χ2n) is 4.86.